The van der Waals surface area contributed by atoms with Crippen molar-refractivity contribution in [3.05, 3.63) is 0 Å². The summed E-state index contributed by atoms with van der Waals surface area (Å²) >= 11 is 0. The lowest BCUT2D eigenvalue weighted by Gasteiger charge is -2.29. The second-order valence-electron chi connectivity index (χ2n) is 6.42. The van der Waals surface area contributed by atoms with Crippen LogP contribution in [-0.2, 0) is 0 Å². The van der Waals surface area contributed by atoms with Gasteiger partial charge in [0.05, 0.1) is 0 Å². The minimum Gasteiger partial charge on any atom is -0.316 e. The quantitative estimate of drug-likeness (QED) is 0.545. The van der Waals surface area contributed by atoms with Crippen molar-refractivity contribution in [1.82, 2.24) is 5.32 Å². The summed E-state index contributed by atoms with van der Waals surface area (Å²) in [5, 5.41) is 3.62. The van der Waals surface area contributed by atoms with Gasteiger partial charge in [-0.3, -0.25) is 0 Å². The molecule has 1 heteroatoms. The van der Waals surface area contributed by atoms with Crippen molar-refractivity contribution in [3.63, 3.8) is 0 Å². The molecule has 0 bridgehead atoms. The third-order valence-corrected chi connectivity index (χ3v) is 4.40. The number of nitrogens with one attached hydrogen (secondary N) is 1. The first kappa shape index (κ1) is 14.0. The number of rotatable bonds is 5. The van der Waals surface area contributed by atoms with E-state index in [0.29, 0.717) is 5.41 Å². The SMILES string of the molecule is CCCNCC1(C)CCCC(C(C)C)CC1. The summed E-state index contributed by atoms with van der Waals surface area (Å²) in [5.41, 5.74) is 0.568. The highest BCUT2D eigenvalue weighted by Gasteiger charge is 2.29. The second kappa shape index (κ2) is 6.64. The average molecular weight is 225 g/mol. The largest absolute Gasteiger partial charge is 0.316 e. The minimum atomic E-state index is 0.568. The zero-order valence-corrected chi connectivity index (χ0v) is 11.8. The molecule has 0 aliphatic heterocycles. The van der Waals surface area contributed by atoms with Gasteiger partial charge in [0.15, 0.2) is 0 Å². The Hall–Kier alpha value is -0.0400. The lowest BCUT2D eigenvalue weighted by Crippen LogP contribution is -2.32. The Morgan fingerprint density at radius 2 is 2.00 bits per heavy atom. The summed E-state index contributed by atoms with van der Waals surface area (Å²) in [6.45, 7) is 11.9. The average Bonchev–Trinajstić information content (AvgIpc) is 2.41. The van der Waals surface area contributed by atoms with Crippen molar-refractivity contribution >= 4 is 0 Å². The first-order chi connectivity index (χ1) is 7.57. The summed E-state index contributed by atoms with van der Waals surface area (Å²) < 4.78 is 0. The topological polar surface area (TPSA) is 12.0 Å². The fourth-order valence-electron chi connectivity index (χ4n) is 3.00. The number of hydrogen-bond acceptors (Lipinski definition) is 1. The predicted octanol–water partition coefficient (Wildman–Crippen LogP) is 4.23. The third-order valence-electron chi connectivity index (χ3n) is 4.40. The molecule has 0 spiro atoms. The molecule has 1 saturated carbocycles. The molecule has 0 saturated heterocycles. The monoisotopic (exact) mass is 225 g/mol. The highest BCUT2D eigenvalue weighted by Crippen LogP contribution is 2.38. The first-order valence-corrected chi connectivity index (χ1v) is 7.28. The zero-order chi connectivity index (χ0) is 12.0. The molecule has 96 valence electrons. The van der Waals surface area contributed by atoms with Gasteiger partial charge in [-0.15, -0.1) is 0 Å². The van der Waals surface area contributed by atoms with Crippen molar-refractivity contribution in [2.24, 2.45) is 17.3 Å². The molecule has 0 aromatic carbocycles. The molecule has 1 rings (SSSR count). The van der Waals surface area contributed by atoms with E-state index >= 15 is 0 Å². The van der Waals surface area contributed by atoms with Gasteiger partial charge in [0.2, 0.25) is 0 Å². The van der Waals surface area contributed by atoms with E-state index in [4.69, 9.17) is 0 Å². The van der Waals surface area contributed by atoms with Crippen LogP contribution in [0.4, 0.5) is 0 Å². The van der Waals surface area contributed by atoms with Crippen LogP contribution in [0.2, 0.25) is 0 Å². The van der Waals surface area contributed by atoms with Crippen LogP contribution in [0.5, 0.6) is 0 Å². The molecule has 1 aliphatic carbocycles. The van der Waals surface area contributed by atoms with Crippen molar-refractivity contribution < 1.29 is 0 Å². The van der Waals surface area contributed by atoms with E-state index in [1.54, 1.807) is 0 Å². The van der Waals surface area contributed by atoms with Gasteiger partial charge in [0, 0.05) is 6.54 Å². The molecule has 0 aromatic rings. The Labute approximate surface area is 102 Å². The van der Waals surface area contributed by atoms with E-state index in [-0.39, 0.29) is 0 Å². The lowest BCUT2D eigenvalue weighted by atomic mass is 9.81. The van der Waals surface area contributed by atoms with Crippen LogP contribution in [0.25, 0.3) is 0 Å². The molecule has 2 atom stereocenters. The van der Waals surface area contributed by atoms with Gasteiger partial charge in [-0.2, -0.15) is 0 Å². The van der Waals surface area contributed by atoms with Gasteiger partial charge in [-0.1, -0.05) is 40.5 Å². The van der Waals surface area contributed by atoms with Crippen LogP contribution in [0.3, 0.4) is 0 Å². The van der Waals surface area contributed by atoms with E-state index in [1.165, 1.54) is 51.6 Å². The Morgan fingerprint density at radius 1 is 1.25 bits per heavy atom. The van der Waals surface area contributed by atoms with E-state index < -0.39 is 0 Å². The van der Waals surface area contributed by atoms with Crippen LogP contribution < -0.4 is 5.32 Å². The molecular formula is C15H31N. The summed E-state index contributed by atoms with van der Waals surface area (Å²) in [5.74, 6) is 1.86. The van der Waals surface area contributed by atoms with Gasteiger partial charge < -0.3 is 5.32 Å². The Kier molecular flexibility index (Phi) is 5.82. The fraction of sp³-hybridized carbons (Fsp3) is 1.00. The molecular weight excluding hydrogens is 194 g/mol. The summed E-state index contributed by atoms with van der Waals surface area (Å²) in [4.78, 5) is 0. The molecule has 0 radical (unpaired) electrons. The highest BCUT2D eigenvalue weighted by molar-refractivity contribution is 4.82. The lowest BCUT2D eigenvalue weighted by molar-refractivity contribution is 0.252. The molecule has 2 unspecified atom stereocenters. The normalized spacial score (nSPS) is 31.7. The van der Waals surface area contributed by atoms with E-state index in [0.717, 1.165) is 11.8 Å². The van der Waals surface area contributed by atoms with Gasteiger partial charge >= 0.3 is 0 Å². The number of hydrogen-bond donors (Lipinski definition) is 1. The first-order valence-electron chi connectivity index (χ1n) is 7.28. The maximum atomic E-state index is 3.62. The summed E-state index contributed by atoms with van der Waals surface area (Å²) in [7, 11) is 0. The van der Waals surface area contributed by atoms with Crippen LogP contribution in [0.1, 0.15) is 66.2 Å². The fourth-order valence-corrected chi connectivity index (χ4v) is 3.00. The maximum absolute atomic E-state index is 3.62. The minimum absolute atomic E-state index is 0.568. The highest BCUT2D eigenvalue weighted by atomic mass is 14.9. The van der Waals surface area contributed by atoms with Crippen molar-refractivity contribution in [3.8, 4) is 0 Å². The molecule has 1 N–H and O–H groups in total. The Balaban J connectivity index is 2.38. The molecule has 0 heterocycles. The summed E-state index contributed by atoms with van der Waals surface area (Å²) in [6.07, 6.45) is 8.44. The smallest absolute Gasteiger partial charge is 0.000516 e. The van der Waals surface area contributed by atoms with Crippen LogP contribution in [0, 0.1) is 17.3 Å². The van der Waals surface area contributed by atoms with Crippen LogP contribution in [0.15, 0.2) is 0 Å². The van der Waals surface area contributed by atoms with Crippen LogP contribution in [-0.4, -0.2) is 13.1 Å². The van der Waals surface area contributed by atoms with Crippen molar-refractivity contribution in [2.75, 3.05) is 13.1 Å². The van der Waals surface area contributed by atoms with Crippen molar-refractivity contribution in [2.45, 2.75) is 66.2 Å². The van der Waals surface area contributed by atoms with Gasteiger partial charge in [0.25, 0.3) is 0 Å². The molecule has 1 nitrogen and oxygen atoms in total. The van der Waals surface area contributed by atoms with Crippen LogP contribution >= 0.6 is 0 Å². The van der Waals surface area contributed by atoms with E-state index in [9.17, 15) is 0 Å². The molecule has 16 heavy (non-hydrogen) atoms. The zero-order valence-electron chi connectivity index (χ0n) is 11.8. The third kappa shape index (κ3) is 4.45. The predicted molar refractivity (Wildman–Crippen MR) is 72.7 cm³/mol. The molecule has 0 aromatic heterocycles. The van der Waals surface area contributed by atoms with E-state index in [1.807, 2.05) is 0 Å². The van der Waals surface area contributed by atoms with E-state index in [2.05, 4.69) is 33.0 Å². The Morgan fingerprint density at radius 3 is 2.62 bits per heavy atom. The molecule has 1 fully saturated rings. The van der Waals surface area contributed by atoms with Gasteiger partial charge in [0.1, 0.15) is 0 Å². The van der Waals surface area contributed by atoms with Gasteiger partial charge in [-0.25, -0.2) is 0 Å². The summed E-state index contributed by atoms with van der Waals surface area (Å²) in [6, 6.07) is 0. The molecule has 1 aliphatic rings. The van der Waals surface area contributed by atoms with Crippen molar-refractivity contribution in [1.29, 1.82) is 0 Å². The second-order valence-corrected chi connectivity index (χ2v) is 6.42. The van der Waals surface area contributed by atoms with Gasteiger partial charge in [-0.05, 0) is 49.5 Å². The maximum Gasteiger partial charge on any atom is 0.000516 e. The Bertz CT molecular complexity index is 188. The molecule has 0 amide bonds. The standard InChI is InChI=1S/C15H31N/c1-5-11-16-12-15(4)9-6-7-14(8-10-15)13(2)3/h13-14,16H,5-12H2,1-4H3.